The summed E-state index contributed by atoms with van der Waals surface area (Å²) in [5.41, 5.74) is 0.934. The van der Waals surface area contributed by atoms with Crippen LogP contribution in [0, 0.1) is 0 Å². The minimum Gasteiger partial charge on any atom is -0.457 e. The molecule has 11 heteroatoms. The number of halogens is 2. The molecule has 220 valence electrons. The third-order valence-corrected chi connectivity index (χ3v) is 8.39. The van der Waals surface area contributed by atoms with Crippen LogP contribution in [0.2, 0.25) is 10.0 Å². The van der Waals surface area contributed by atoms with Crippen LogP contribution in [0.25, 0.3) is 0 Å². The fourth-order valence-corrected chi connectivity index (χ4v) is 5.28. The molecule has 3 rings (SSSR count). The molecular formula is C30H35Cl2N3O5S. The van der Waals surface area contributed by atoms with Crippen molar-refractivity contribution in [3.63, 3.8) is 0 Å². The van der Waals surface area contributed by atoms with Gasteiger partial charge in [-0.3, -0.25) is 13.9 Å². The van der Waals surface area contributed by atoms with E-state index in [1.807, 2.05) is 32.0 Å². The number of carbonyl (C=O) groups is 2. The SMILES string of the molecule is CC[C@@H](C)NC(=O)[C@@H](CC)N(Cc1ccc(Cl)c(Cl)c1)C(=O)CN(c1ccc(Oc2ccccc2)cc1)S(C)(=O)=O. The van der Waals surface area contributed by atoms with Gasteiger partial charge in [0.1, 0.15) is 24.1 Å². The number of anilines is 1. The number of sulfonamides is 1. The Kier molecular flexibility index (Phi) is 11.5. The highest BCUT2D eigenvalue weighted by Gasteiger charge is 2.32. The first-order valence-electron chi connectivity index (χ1n) is 13.3. The molecule has 41 heavy (non-hydrogen) atoms. The van der Waals surface area contributed by atoms with Gasteiger partial charge in [0.2, 0.25) is 21.8 Å². The predicted molar refractivity (Wildman–Crippen MR) is 164 cm³/mol. The van der Waals surface area contributed by atoms with Crippen LogP contribution in [0.5, 0.6) is 11.5 Å². The first kappa shape index (κ1) is 32.2. The van der Waals surface area contributed by atoms with E-state index in [1.165, 1.54) is 4.90 Å². The zero-order chi connectivity index (χ0) is 30.2. The molecule has 0 aliphatic rings. The molecule has 0 aliphatic heterocycles. The molecule has 0 heterocycles. The van der Waals surface area contributed by atoms with E-state index in [9.17, 15) is 18.0 Å². The van der Waals surface area contributed by atoms with E-state index in [-0.39, 0.29) is 24.2 Å². The van der Waals surface area contributed by atoms with Gasteiger partial charge in [-0.25, -0.2) is 8.42 Å². The summed E-state index contributed by atoms with van der Waals surface area (Å²) in [4.78, 5) is 28.5. The number of nitrogens with zero attached hydrogens (tertiary/aromatic N) is 2. The minimum absolute atomic E-state index is 0.0314. The molecule has 3 aromatic rings. The zero-order valence-electron chi connectivity index (χ0n) is 23.5. The first-order valence-corrected chi connectivity index (χ1v) is 15.9. The molecule has 0 bridgehead atoms. The number of hydrogen-bond acceptors (Lipinski definition) is 5. The average molecular weight is 621 g/mol. The molecule has 8 nitrogen and oxygen atoms in total. The molecule has 3 aromatic carbocycles. The van der Waals surface area contributed by atoms with Crippen molar-refractivity contribution in [2.24, 2.45) is 0 Å². The molecule has 0 fully saturated rings. The first-order chi connectivity index (χ1) is 19.4. The number of benzene rings is 3. The number of amides is 2. The Bertz CT molecular complexity index is 1440. The second kappa shape index (κ2) is 14.6. The van der Waals surface area contributed by atoms with Crippen LogP contribution < -0.4 is 14.4 Å². The van der Waals surface area contributed by atoms with Crippen LogP contribution in [-0.2, 0) is 26.2 Å². The van der Waals surface area contributed by atoms with Gasteiger partial charge in [0.25, 0.3) is 0 Å². The fourth-order valence-electron chi connectivity index (χ4n) is 4.11. The third-order valence-electron chi connectivity index (χ3n) is 6.51. The van der Waals surface area contributed by atoms with Gasteiger partial charge < -0.3 is 15.0 Å². The van der Waals surface area contributed by atoms with E-state index < -0.39 is 28.5 Å². The summed E-state index contributed by atoms with van der Waals surface area (Å²) in [5, 5.41) is 3.61. The Morgan fingerprint density at radius 1 is 0.902 bits per heavy atom. The summed E-state index contributed by atoms with van der Waals surface area (Å²) in [5.74, 6) is 0.282. The van der Waals surface area contributed by atoms with E-state index in [2.05, 4.69) is 5.32 Å². The quantitative estimate of drug-likeness (QED) is 0.243. The van der Waals surface area contributed by atoms with Crippen LogP contribution in [0.1, 0.15) is 39.2 Å². The van der Waals surface area contributed by atoms with Crippen LogP contribution in [-0.4, -0.2) is 50.0 Å². The number of carbonyl (C=O) groups excluding carboxylic acids is 2. The smallest absolute Gasteiger partial charge is 0.244 e. The summed E-state index contributed by atoms with van der Waals surface area (Å²) in [6.07, 6.45) is 2.07. The van der Waals surface area contributed by atoms with Crippen molar-refractivity contribution in [1.82, 2.24) is 10.2 Å². The van der Waals surface area contributed by atoms with E-state index in [0.717, 1.165) is 17.0 Å². The molecule has 0 radical (unpaired) electrons. The summed E-state index contributed by atoms with van der Waals surface area (Å²) in [6, 6.07) is 19.6. The van der Waals surface area contributed by atoms with Gasteiger partial charge in [0.05, 0.1) is 22.0 Å². The molecule has 1 N–H and O–H groups in total. The Balaban J connectivity index is 1.91. The number of hydrogen-bond donors (Lipinski definition) is 1. The summed E-state index contributed by atoms with van der Waals surface area (Å²) in [6.45, 7) is 5.16. The van der Waals surface area contributed by atoms with Gasteiger partial charge in [0, 0.05) is 12.6 Å². The van der Waals surface area contributed by atoms with Crippen molar-refractivity contribution in [2.75, 3.05) is 17.1 Å². The van der Waals surface area contributed by atoms with Crippen molar-refractivity contribution >= 4 is 50.7 Å². The second-order valence-electron chi connectivity index (χ2n) is 9.69. The topological polar surface area (TPSA) is 96.0 Å². The van der Waals surface area contributed by atoms with Gasteiger partial charge in [-0.15, -0.1) is 0 Å². The Morgan fingerprint density at radius 3 is 2.10 bits per heavy atom. The van der Waals surface area contributed by atoms with Crippen LogP contribution in [0.15, 0.2) is 72.8 Å². The van der Waals surface area contributed by atoms with Crippen molar-refractivity contribution in [3.8, 4) is 11.5 Å². The molecule has 0 unspecified atom stereocenters. The minimum atomic E-state index is -3.87. The maximum Gasteiger partial charge on any atom is 0.244 e. The normalized spacial score (nSPS) is 12.7. The third kappa shape index (κ3) is 9.11. The maximum atomic E-state index is 13.9. The Hall–Kier alpha value is -3.27. The molecule has 0 saturated heterocycles. The highest BCUT2D eigenvalue weighted by atomic mass is 35.5. The van der Waals surface area contributed by atoms with Crippen molar-refractivity contribution in [2.45, 2.75) is 52.2 Å². The number of para-hydroxylation sites is 1. The largest absolute Gasteiger partial charge is 0.457 e. The maximum absolute atomic E-state index is 13.9. The number of ether oxygens (including phenoxy) is 1. The molecule has 2 amide bonds. The van der Waals surface area contributed by atoms with Gasteiger partial charge >= 0.3 is 0 Å². The van der Waals surface area contributed by atoms with Crippen LogP contribution in [0.3, 0.4) is 0 Å². The lowest BCUT2D eigenvalue weighted by Gasteiger charge is -2.33. The van der Waals surface area contributed by atoms with E-state index in [0.29, 0.717) is 33.5 Å². The van der Waals surface area contributed by atoms with Crippen molar-refractivity contribution in [1.29, 1.82) is 0 Å². The fraction of sp³-hybridized carbons (Fsp3) is 0.333. The monoisotopic (exact) mass is 619 g/mol. The molecule has 0 aliphatic carbocycles. The lowest BCUT2D eigenvalue weighted by atomic mass is 10.1. The van der Waals surface area contributed by atoms with Crippen molar-refractivity contribution < 1.29 is 22.7 Å². The summed E-state index contributed by atoms with van der Waals surface area (Å²) >= 11 is 12.3. The number of nitrogens with one attached hydrogen (secondary N) is 1. The standard InChI is InChI=1S/C30H35Cl2N3O5S/c1-5-21(3)33-30(37)28(6-2)34(19-22-12-17-26(31)27(32)18-22)29(36)20-35(41(4,38)39)23-13-15-25(16-14-23)40-24-10-8-7-9-11-24/h7-18,21,28H,5-6,19-20H2,1-4H3,(H,33,37)/t21-,28-/m1/s1. The van der Waals surface area contributed by atoms with Crippen molar-refractivity contribution in [3.05, 3.63) is 88.4 Å². The van der Waals surface area contributed by atoms with Crippen LogP contribution >= 0.6 is 23.2 Å². The highest BCUT2D eigenvalue weighted by molar-refractivity contribution is 7.92. The van der Waals surface area contributed by atoms with E-state index >= 15 is 0 Å². The van der Waals surface area contributed by atoms with Gasteiger partial charge in [-0.2, -0.15) is 0 Å². The Morgan fingerprint density at radius 2 is 1.54 bits per heavy atom. The molecule has 0 saturated carbocycles. The average Bonchev–Trinajstić information content (AvgIpc) is 2.93. The molecule has 0 aromatic heterocycles. The van der Waals surface area contributed by atoms with E-state index in [1.54, 1.807) is 61.5 Å². The van der Waals surface area contributed by atoms with Gasteiger partial charge in [-0.1, -0.05) is 61.3 Å². The Labute approximate surface area is 252 Å². The predicted octanol–water partition coefficient (Wildman–Crippen LogP) is 6.27. The lowest BCUT2D eigenvalue weighted by molar-refractivity contribution is -0.140. The second-order valence-corrected chi connectivity index (χ2v) is 12.4. The van der Waals surface area contributed by atoms with Crippen LogP contribution in [0.4, 0.5) is 5.69 Å². The van der Waals surface area contributed by atoms with Gasteiger partial charge in [0.15, 0.2) is 0 Å². The summed E-state index contributed by atoms with van der Waals surface area (Å²) in [7, 11) is -3.87. The highest BCUT2D eigenvalue weighted by Crippen LogP contribution is 2.27. The van der Waals surface area contributed by atoms with E-state index in [4.69, 9.17) is 27.9 Å². The lowest BCUT2D eigenvalue weighted by Crippen LogP contribution is -2.53. The molecule has 0 spiro atoms. The zero-order valence-corrected chi connectivity index (χ0v) is 25.8. The van der Waals surface area contributed by atoms with Gasteiger partial charge in [-0.05, 0) is 73.9 Å². The summed E-state index contributed by atoms with van der Waals surface area (Å²) < 4.78 is 32.6. The molecule has 2 atom stereocenters. The molecular weight excluding hydrogens is 585 g/mol. The number of rotatable bonds is 13.